The fourth-order valence-electron chi connectivity index (χ4n) is 1.18. The molecule has 1 aromatic rings. The first-order chi connectivity index (χ1) is 8.54. The van der Waals surface area contributed by atoms with Crippen molar-refractivity contribution in [1.82, 2.24) is 0 Å². The van der Waals surface area contributed by atoms with Crippen molar-refractivity contribution in [1.29, 1.82) is 0 Å². The average Bonchev–Trinajstić information content (AvgIpc) is 2.29. The zero-order valence-corrected chi connectivity index (χ0v) is 10.8. The van der Waals surface area contributed by atoms with Gasteiger partial charge in [0.1, 0.15) is 0 Å². The van der Waals surface area contributed by atoms with Crippen LogP contribution in [-0.2, 0) is 14.3 Å². The van der Waals surface area contributed by atoms with Crippen molar-refractivity contribution in [2.45, 2.75) is 19.9 Å². The highest BCUT2D eigenvalue weighted by molar-refractivity contribution is 6.30. The van der Waals surface area contributed by atoms with Gasteiger partial charge in [0.25, 0.3) is 0 Å². The quantitative estimate of drug-likeness (QED) is 0.468. The number of hydrogen-bond donors (Lipinski definition) is 0. The molecule has 5 nitrogen and oxygen atoms in total. The Balaban J connectivity index is 2.84. The van der Waals surface area contributed by atoms with Gasteiger partial charge in [-0.2, -0.15) is 10.2 Å². The third kappa shape index (κ3) is 4.25. The first-order valence-electron chi connectivity index (χ1n) is 5.38. The minimum Gasteiger partial charge on any atom is -0.464 e. The predicted octanol–water partition coefficient (Wildman–Crippen LogP) is 2.94. The van der Waals surface area contributed by atoms with Crippen LogP contribution in [0.1, 0.15) is 13.8 Å². The zero-order chi connectivity index (χ0) is 13.5. The molecule has 0 saturated carbocycles. The maximum atomic E-state index is 11.5. The van der Waals surface area contributed by atoms with E-state index in [1.54, 1.807) is 31.2 Å². The molecule has 1 rings (SSSR count). The molecule has 0 heterocycles. The normalized spacial score (nSPS) is 12.4. The summed E-state index contributed by atoms with van der Waals surface area (Å²) in [5, 5.41) is 8.01. The van der Waals surface area contributed by atoms with Crippen molar-refractivity contribution in [3.8, 4) is 0 Å². The minimum atomic E-state index is -1.22. The van der Waals surface area contributed by atoms with Crippen molar-refractivity contribution < 1.29 is 14.3 Å². The van der Waals surface area contributed by atoms with E-state index in [1.807, 2.05) is 0 Å². The van der Waals surface area contributed by atoms with Gasteiger partial charge in [0.2, 0.25) is 6.04 Å². The van der Waals surface area contributed by atoms with Crippen molar-refractivity contribution in [3.05, 3.63) is 29.3 Å². The number of Topliss-reactive ketones (excluding diaryl/α,β-unsaturated/α-hetero) is 1. The van der Waals surface area contributed by atoms with E-state index >= 15 is 0 Å². The Labute approximate surface area is 110 Å². The maximum Gasteiger partial charge on any atom is 0.340 e. The number of rotatable bonds is 5. The van der Waals surface area contributed by atoms with Gasteiger partial charge in [0.05, 0.1) is 12.3 Å². The monoisotopic (exact) mass is 268 g/mol. The molecule has 0 aliphatic carbocycles. The highest BCUT2D eigenvalue weighted by Crippen LogP contribution is 2.18. The van der Waals surface area contributed by atoms with E-state index in [-0.39, 0.29) is 6.61 Å². The number of halogens is 1. The molecule has 96 valence electrons. The van der Waals surface area contributed by atoms with Crippen LogP contribution in [0.4, 0.5) is 5.69 Å². The van der Waals surface area contributed by atoms with E-state index in [4.69, 9.17) is 16.3 Å². The summed E-state index contributed by atoms with van der Waals surface area (Å²) in [6.07, 6.45) is 0. The number of carbonyl (C=O) groups is 2. The van der Waals surface area contributed by atoms with Gasteiger partial charge in [0, 0.05) is 5.02 Å². The third-order valence-electron chi connectivity index (χ3n) is 1.99. The van der Waals surface area contributed by atoms with Gasteiger partial charge in [-0.25, -0.2) is 4.79 Å². The fraction of sp³-hybridized carbons (Fsp3) is 0.333. The van der Waals surface area contributed by atoms with E-state index in [1.165, 1.54) is 6.92 Å². The Morgan fingerprint density at radius 3 is 2.72 bits per heavy atom. The van der Waals surface area contributed by atoms with Crippen LogP contribution < -0.4 is 0 Å². The Hall–Kier alpha value is -1.75. The molecule has 1 aromatic carbocycles. The lowest BCUT2D eigenvalue weighted by Gasteiger charge is -2.06. The van der Waals surface area contributed by atoms with Crippen LogP contribution in [-0.4, -0.2) is 24.4 Å². The van der Waals surface area contributed by atoms with E-state index in [9.17, 15) is 9.59 Å². The first kappa shape index (κ1) is 14.3. The molecule has 6 heteroatoms. The third-order valence-corrected chi connectivity index (χ3v) is 2.23. The molecule has 0 saturated heterocycles. The molecule has 1 atom stereocenters. The van der Waals surface area contributed by atoms with Gasteiger partial charge in [-0.3, -0.25) is 4.79 Å². The second kappa shape index (κ2) is 6.86. The van der Waals surface area contributed by atoms with Gasteiger partial charge in [-0.05, 0) is 32.0 Å². The Morgan fingerprint density at radius 1 is 1.44 bits per heavy atom. The lowest BCUT2D eigenvalue weighted by atomic mass is 10.2. The van der Waals surface area contributed by atoms with Crippen LogP contribution in [0.3, 0.4) is 0 Å². The number of ether oxygens (including phenoxy) is 1. The minimum absolute atomic E-state index is 0.190. The molecule has 0 amide bonds. The second-order valence-corrected chi connectivity index (χ2v) is 3.90. The number of hydrogen-bond acceptors (Lipinski definition) is 5. The van der Waals surface area contributed by atoms with Gasteiger partial charge < -0.3 is 4.74 Å². The highest BCUT2D eigenvalue weighted by atomic mass is 35.5. The van der Waals surface area contributed by atoms with E-state index < -0.39 is 17.8 Å². The van der Waals surface area contributed by atoms with Gasteiger partial charge in [0.15, 0.2) is 5.78 Å². The molecule has 0 aliphatic rings. The number of azo groups is 1. The SMILES string of the molecule is CCOC(=O)C(N=Nc1cccc(Cl)c1)C(C)=O. The summed E-state index contributed by atoms with van der Waals surface area (Å²) >= 11 is 5.77. The van der Waals surface area contributed by atoms with Crippen LogP contribution >= 0.6 is 11.6 Å². The Kier molecular flexibility index (Phi) is 5.45. The summed E-state index contributed by atoms with van der Waals surface area (Å²) in [4.78, 5) is 22.7. The molecule has 0 fully saturated rings. The predicted molar refractivity (Wildman–Crippen MR) is 67.1 cm³/mol. The topological polar surface area (TPSA) is 68.1 Å². The summed E-state index contributed by atoms with van der Waals surface area (Å²) in [6, 6.07) is 5.41. The molecule has 0 radical (unpaired) electrons. The molecular weight excluding hydrogens is 256 g/mol. The molecule has 0 aromatic heterocycles. The van der Waals surface area contributed by atoms with Crippen LogP contribution in [0.15, 0.2) is 34.5 Å². The maximum absolute atomic E-state index is 11.5. The molecule has 0 aliphatic heterocycles. The van der Waals surface area contributed by atoms with E-state index in [2.05, 4.69) is 10.2 Å². The lowest BCUT2D eigenvalue weighted by Crippen LogP contribution is -2.28. The van der Waals surface area contributed by atoms with Gasteiger partial charge in [-0.1, -0.05) is 17.7 Å². The van der Waals surface area contributed by atoms with Crippen LogP contribution in [0.25, 0.3) is 0 Å². The van der Waals surface area contributed by atoms with Crippen molar-refractivity contribution in [3.63, 3.8) is 0 Å². The van der Waals surface area contributed by atoms with E-state index in [0.717, 1.165) is 0 Å². The number of nitrogens with zero attached hydrogens (tertiary/aromatic N) is 2. The van der Waals surface area contributed by atoms with Crippen molar-refractivity contribution >= 4 is 29.0 Å². The summed E-state index contributed by atoms with van der Waals surface area (Å²) in [6.45, 7) is 3.11. The average molecular weight is 269 g/mol. The molecule has 18 heavy (non-hydrogen) atoms. The molecular formula is C12H13ClN2O3. The highest BCUT2D eigenvalue weighted by Gasteiger charge is 2.24. The smallest absolute Gasteiger partial charge is 0.340 e. The summed E-state index contributed by atoms with van der Waals surface area (Å²) in [5.74, 6) is -1.12. The molecule has 0 bridgehead atoms. The summed E-state index contributed by atoms with van der Waals surface area (Å²) in [7, 11) is 0. The number of carbonyl (C=O) groups excluding carboxylic acids is 2. The number of esters is 1. The van der Waals surface area contributed by atoms with Crippen molar-refractivity contribution in [2.75, 3.05) is 6.61 Å². The van der Waals surface area contributed by atoms with Crippen LogP contribution in [0.2, 0.25) is 5.02 Å². The standard InChI is InChI=1S/C12H13ClN2O3/c1-3-18-12(17)11(8(2)16)15-14-10-6-4-5-9(13)7-10/h4-7,11H,3H2,1-2H3. The Bertz CT molecular complexity index is 474. The summed E-state index contributed by atoms with van der Waals surface area (Å²) < 4.78 is 4.74. The molecule has 0 spiro atoms. The van der Waals surface area contributed by atoms with Crippen LogP contribution in [0.5, 0.6) is 0 Å². The summed E-state index contributed by atoms with van der Waals surface area (Å²) in [5.41, 5.74) is 0.470. The number of ketones is 1. The largest absolute Gasteiger partial charge is 0.464 e. The zero-order valence-electron chi connectivity index (χ0n) is 10.1. The molecule has 1 unspecified atom stereocenters. The van der Waals surface area contributed by atoms with E-state index in [0.29, 0.717) is 10.7 Å². The van der Waals surface area contributed by atoms with Crippen LogP contribution in [0, 0.1) is 0 Å². The van der Waals surface area contributed by atoms with Gasteiger partial charge in [-0.15, -0.1) is 0 Å². The molecule has 0 N–H and O–H groups in total. The lowest BCUT2D eigenvalue weighted by molar-refractivity contribution is -0.147. The Morgan fingerprint density at radius 2 is 2.17 bits per heavy atom. The fourth-order valence-corrected chi connectivity index (χ4v) is 1.36. The van der Waals surface area contributed by atoms with Gasteiger partial charge >= 0.3 is 5.97 Å². The first-order valence-corrected chi connectivity index (χ1v) is 5.76. The number of benzene rings is 1. The second-order valence-electron chi connectivity index (χ2n) is 3.46. The van der Waals surface area contributed by atoms with Crippen molar-refractivity contribution in [2.24, 2.45) is 10.2 Å².